The Bertz CT molecular complexity index is 122. The molecule has 0 aliphatic rings. The monoisotopic (exact) mass is 130 g/mol. The van der Waals surface area contributed by atoms with Gasteiger partial charge in [-0.1, -0.05) is 0 Å². The summed E-state index contributed by atoms with van der Waals surface area (Å²) >= 11 is 1.52. The average molecular weight is 129 g/mol. The van der Waals surface area contributed by atoms with Gasteiger partial charge in [-0.2, -0.15) is 0 Å². The van der Waals surface area contributed by atoms with E-state index < -0.39 is 0 Å². The normalized spacial score (nSPS) is 8.00. The van der Waals surface area contributed by atoms with Gasteiger partial charge in [-0.3, -0.25) is 0 Å². The van der Waals surface area contributed by atoms with Crippen molar-refractivity contribution < 1.29 is 0 Å². The molecule has 39 valence electrons. The Kier molecular flexibility index (Phi) is 8.92. The molecule has 1 radical (unpaired) electrons. The fraction of sp³-hybridized carbons (Fsp3) is 1.00. The molecule has 0 aromatic heterocycles. The molecule has 1 nitrogen and oxygen atoms in total. The SMILES string of the molecule is [B]=BB=BB=NSCC. The summed E-state index contributed by atoms with van der Waals surface area (Å²) in [5, 5.41) is 0. The van der Waals surface area contributed by atoms with E-state index in [1.54, 1.807) is 20.3 Å². The van der Waals surface area contributed by atoms with Gasteiger partial charge in [-0.05, 0) is 0 Å². The first-order valence-electron chi connectivity index (χ1n) is 2.77. The van der Waals surface area contributed by atoms with Crippen molar-refractivity contribution in [1.82, 2.24) is 0 Å². The van der Waals surface area contributed by atoms with Gasteiger partial charge in [-0.15, -0.1) is 0 Å². The Morgan fingerprint density at radius 1 is 1.56 bits per heavy atom. The van der Waals surface area contributed by atoms with Crippen LogP contribution < -0.4 is 0 Å². The summed E-state index contributed by atoms with van der Waals surface area (Å²) in [5.74, 6) is 1.01. The zero-order chi connectivity index (χ0) is 6.95. The van der Waals surface area contributed by atoms with E-state index in [0.717, 1.165) is 5.75 Å². The van der Waals surface area contributed by atoms with Gasteiger partial charge in [0.2, 0.25) is 0 Å². The molecule has 0 bridgehead atoms. The van der Waals surface area contributed by atoms with Crippen LogP contribution in [0, 0.1) is 0 Å². The van der Waals surface area contributed by atoms with Gasteiger partial charge >= 0.3 is 63.3 Å². The first kappa shape index (κ1) is 9.47. The zero-order valence-electron chi connectivity index (χ0n) is 5.45. The average Bonchev–Trinajstić information content (AvgIpc) is 1.89. The van der Waals surface area contributed by atoms with Gasteiger partial charge < -0.3 is 0 Å². The summed E-state index contributed by atoms with van der Waals surface area (Å²) in [6.45, 7) is 8.78. The van der Waals surface area contributed by atoms with Crippen molar-refractivity contribution in [2.75, 3.05) is 5.75 Å². The van der Waals surface area contributed by atoms with Crippen LogP contribution in [-0.4, -0.2) is 40.2 Å². The summed E-state index contributed by atoms with van der Waals surface area (Å²) < 4.78 is 3.96. The van der Waals surface area contributed by atoms with Crippen LogP contribution in [-0.2, 0) is 0 Å². The van der Waals surface area contributed by atoms with E-state index in [4.69, 9.17) is 7.37 Å². The molecule has 0 saturated heterocycles. The van der Waals surface area contributed by atoms with Gasteiger partial charge in [0.25, 0.3) is 0 Å². The Labute approximate surface area is 63.8 Å². The number of hydrogen-bond donors (Lipinski definition) is 0. The Morgan fingerprint density at radius 2 is 2.33 bits per heavy atom. The molecule has 0 unspecified atom stereocenters. The molecule has 0 aliphatic carbocycles. The first-order valence-corrected chi connectivity index (χ1v) is 3.71. The summed E-state index contributed by atoms with van der Waals surface area (Å²) in [6.07, 6.45) is 0. The molecule has 9 heavy (non-hydrogen) atoms. The third-order valence-electron chi connectivity index (χ3n) is 0.573. The number of nitrogens with zero attached hydrogens (tertiary/aromatic N) is 1. The molecule has 0 aliphatic heterocycles. The minimum absolute atomic E-state index is 1.01. The predicted octanol–water partition coefficient (Wildman–Crippen LogP) is -0.517. The summed E-state index contributed by atoms with van der Waals surface area (Å²) in [5.41, 5.74) is 0. The molecule has 0 spiro atoms. The molecule has 0 rings (SSSR count). The van der Waals surface area contributed by atoms with Crippen molar-refractivity contribution in [3.8, 4) is 0 Å². The third-order valence-corrected chi connectivity index (χ3v) is 1.10. The van der Waals surface area contributed by atoms with Crippen LogP contribution in [0.1, 0.15) is 6.92 Å². The van der Waals surface area contributed by atoms with E-state index in [0.29, 0.717) is 0 Å². The van der Waals surface area contributed by atoms with E-state index in [1.165, 1.54) is 18.6 Å². The topological polar surface area (TPSA) is 12.4 Å². The van der Waals surface area contributed by atoms with Crippen LogP contribution in [0.3, 0.4) is 0 Å². The van der Waals surface area contributed by atoms with Crippen LogP contribution >= 0.6 is 11.9 Å². The van der Waals surface area contributed by atoms with Crippen LogP contribution in [0.2, 0.25) is 0 Å². The van der Waals surface area contributed by atoms with E-state index in [-0.39, 0.29) is 0 Å². The van der Waals surface area contributed by atoms with Gasteiger partial charge in [0.1, 0.15) is 0 Å². The van der Waals surface area contributed by atoms with E-state index in [9.17, 15) is 0 Å². The zero-order valence-corrected chi connectivity index (χ0v) is 6.27. The second kappa shape index (κ2) is 8.47. The quantitative estimate of drug-likeness (QED) is 0.367. The molecule has 7 heteroatoms. The standard InChI is InChI=1S/C2H5B5NS/c1-2-9-8-7-6-5-4-3/h2H2,1H3. The van der Waals surface area contributed by atoms with Crippen LogP contribution in [0.4, 0.5) is 0 Å². The second-order valence-electron chi connectivity index (χ2n) is 1.25. The predicted molar refractivity (Wildman–Crippen MR) is 49.3 cm³/mol. The van der Waals surface area contributed by atoms with Crippen molar-refractivity contribution >= 4 is 46.4 Å². The molecule has 0 atom stereocenters. The molecular formula is C2H5B5NS. The van der Waals surface area contributed by atoms with Crippen molar-refractivity contribution in [3.05, 3.63) is 0 Å². The Balaban J connectivity index is 3.23. The summed E-state index contributed by atoms with van der Waals surface area (Å²) in [7, 11) is 5.06. The fourth-order valence-electron chi connectivity index (χ4n) is 0.267. The van der Waals surface area contributed by atoms with E-state index >= 15 is 0 Å². The number of rotatable bonds is 4. The minimum atomic E-state index is 1.01. The van der Waals surface area contributed by atoms with Crippen molar-refractivity contribution in [2.45, 2.75) is 6.92 Å². The molecule has 0 heterocycles. The molecule has 0 aromatic carbocycles. The fourth-order valence-corrected chi connectivity index (χ4v) is 0.572. The van der Waals surface area contributed by atoms with Gasteiger partial charge in [0, 0.05) is 0 Å². The van der Waals surface area contributed by atoms with Crippen LogP contribution in [0.15, 0.2) is 4.30 Å². The molecule has 0 aromatic rings. The van der Waals surface area contributed by atoms with E-state index in [2.05, 4.69) is 11.2 Å². The van der Waals surface area contributed by atoms with Gasteiger partial charge in [0.15, 0.2) is 0 Å². The Morgan fingerprint density at radius 3 is 2.89 bits per heavy atom. The Hall–Kier alpha value is 0.475. The molecule has 0 saturated carbocycles. The molecular weight excluding hydrogens is 124 g/mol. The molecule has 0 N–H and O–H groups in total. The van der Waals surface area contributed by atoms with Crippen LogP contribution in [0.25, 0.3) is 0 Å². The maximum atomic E-state index is 5.06. The third kappa shape index (κ3) is 8.47. The molecule has 0 fully saturated rings. The summed E-state index contributed by atoms with van der Waals surface area (Å²) in [4.78, 5) is 0. The first-order chi connectivity index (χ1) is 4.41. The van der Waals surface area contributed by atoms with Gasteiger partial charge in [0.05, 0.1) is 0 Å². The van der Waals surface area contributed by atoms with Crippen molar-refractivity contribution in [1.29, 1.82) is 0 Å². The van der Waals surface area contributed by atoms with E-state index in [1.807, 2.05) is 0 Å². The van der Waals surface area contributed by atoms with Crippen molar-refractivity contribution in [3.63, 3.8) is 0 Å². The number of hydrogen-bond acceptors (Lipinski definition) is 2. The van der Waals surface area contributed by atoms with Gasteiger partial charge in [-0.25, -0.2) is 0 Å². The van der Waals surface area contributed by atoms with Crippen molar-refractivity contribution in [2.24, 2.45) is 4.30 Å². The summed E-state index contributed by atoms with van der Waals surface area (Å²) in [6, 6.07) is 0. The van der Waals surface area contributed by atoms with Crippen LogP contribution in [0.5, 0.6) is 0 Å². The maximum absolute atomic E-state index is 5.06. The second-order valence-corrected chi connectivity index (χ2v) is 2.30. The molecule has 0 amide bonds.